The molecule has 0 saturated heterocycles. The van der Waals surface area contributed by atoms with E-state index in [0.717, 1.165) is 17.7 Å². The molecule has 94 valence electrons. The van der Waals surface area contributed by atoms with Gasteiger partial charge in [0.1, 0.15) is 16.8 Å². The molecular formula is C13H13Cl2N3. The van der Waals surface area contributed by atoms with E-state index in [-0.39, 0.29) is 0 Å². The van der Waals surface area contributed by atoms with Gasteiger partial charge in [0.15, 0.2) is 0 Å². The third-order valence-electron chi connectivity index (χ3n) is 2.52. The SMILES string of the molecule is CCc1nc(Cl)cc(Nc2cc(Cl)ccc2C)n1. The molecule has 0 amide bonds. The second-order valence-electron chi connectivity index (χ2n) is 3.93. The minimum atomic E-state index is 0.434. The number of anilines is 2. The van der Waals surface area contributed by atoms with Gasteiger partial charge in [-0.15, -0.1) is 0 Å². The lowest BCUT2D eigenvalue weighted by Gasteiger charge is -2.10. The molecule has 2 aromatic rings. The summed E-state index contributed by atoms with van der Waals surface area (Å²) in [6.45, 7) is 3.99. The quantitative estimate of drug-likeness (QED) is 0.848. The van der Waals surface area contributed by atoms with Crippen molar-refractivity contribution in [1.82, 2.24) is 9.97 Å². The van der Waals surface area contributed by atoms with E-state index in [0.29, 0.717) is 21.8 Å². The van der Waals surface area contributed by atoms with Crippen molar-refractivity contribution in [3.8, 4) is 0 Å². The predicted molar refractivity (Wildman–Crippen MR) is 75.9 cm³/mol. The highest BCUT2D eigenvalue weighted by atomic mass is 35.5. The Morgan fingerprint density at radius 3 is 2.67 bits per heavy atom. The van der Waals surface area contributed by atoms with Gasteiger partial charge in [-0.1, -0.05) is 36.2 Å². The van der Waals surface area contributed by atoms with Crippen LogP contribution in [0.4, 0.5) is 11.5 Å². The average Bonchev–Trinajstić information content (AvgIpc) is 2.33. The number of rotatable bonds is 3. The monoisotopic (exact) mass is 281 g/mol. The molecule has 5 heteroatoms. The fourth-order valence-corrected chi connectivity index (χ4v) is 1.93. The summed E-state index contributed by atoms with van der Waals surface area (Å²) in [6.07, 6.45) is 0.740. The van der Waals surface area contributed by atoms with E-state index in [1.165, 1.54) is 0 Å². The zero-order chi connectivity index (χ0) is 13.1. The van der Waals surface area contributed by atoms with Crippen molar-refractivity contribution in [2.75, 3.05) is 5.32 Å². The Morgan fingerprint density at radius 1 is 1.17 bits per heavy atom. The minimum absolute atomic E-state index is 0.434. The number of nitrogens with one attached hydrogen (secondary N) is 1. The summed E-state index contributed by atoms with van der Waals surface area (Å²) in [5.41, 5.74) is 2.01. The Labute approximate surface area is 116 Å². The average molecular weight is 282 g/mol. The number of nitrogens with zero attached hydrogens (tertiary/aromatic N) is 2. The summed E-state index contributed by atoms with van der Waals surface area (Å²) in [5, 5.41) is 4.32. The molecule has 0 radical (unpaired) electrons. The van der Waals surface area contributed by atoms with Crippen LogP contribution in [0.15, 0.2) is 24.3 Å². The maximum atomic E-state index is 5.97. The van der Waals surface area contributed by atoms with E-state index in [1.54, 1.807) is 6.07 Å². The van der Waals surface area contributed by atoms with Crippen molar-refractivity contribution in [2.24, 2.45) is 0 Å². The van der Waals surface area contributed by atoms with Gasteiger partial charge in [0.05, 0.1) is 0 Å². The Balaban J connectivity index is 2.33. The van der Waals surface area contributed by atoms with E-state index in [1.807, 2.05) is 32.0 Å². The number of aromatic nitrogens is 2. The van der Waals surface area contributed by atoms with Gasteiger partial charge in [-0.2, -0.15) is 0 Å². The molecule has 18 heavy (non-hydrogen) atoms. The van der Waals surface area contributed by atoms with Crippen molar-refractivity contribution in [3.05, 3.63) is 45.8 Å². The Morgan fingerprint density at radius 2 is 1.94 bits per heavy atom. The van der Waals surface area contributed by atoms with Crippen LogP contribution in [0.3, 0.4) is 0 Å². The van der Waals surface area contributed by atoms with Crippen molar-refractivity contribution in [3.63, 3.8) is 0 Å². The van der Waals surface area contributed by atoms with Crippen LogP contribution >= 0.6 is 23.2 Å². The molecule has 0 saturated carbocycles. The highest BCUT2D eigenvalue weighted by Gasteiger charge is 2.04. The van der Waals surface area contributed by atoms with Crippen LogP contribution in [-0.2, 0) is 6.42 Å². The second-order valence-corrected chi connectivity index (χ2v) is 4.75. The van der Waals surface area contributed by atoms with Gasteiger partial charge in [-0.05, 0) is 24.6 Å². The maximum absolute atomic E-state index is 5.97. The molecule has 0 bridgehead atoms. The normalized spacial score (nSPS) is 10.4. The lowest BCUT2D eigenvalue weighted by Crippen LogP contribution is -2.00. The topological polar surface area (TPSA) is 37.8 Å². The molecule has 0 atom stereocenters. The Bertz CT molecular complexity index is 570. The molecule has 0 fully saturated rings. The molecule has 1 aromatic heterocycles. The van der Waals surface area contributed by atoms with Crippen molar-refractivity contribution in [2.45, 2.75) is 20.3 Å². The molecule has 0 aliphatic rings. The van der Waals surface area contributed by atoms with Crippen LogP contribution in [0, 0.1) is 6.92 Å². The van der Waals surface area contributed by atoms with Crippen LogP contribution < -0.4 is 5.32 Å². The lowest BCUT2D eigenvalue weighted by atomic mass is 10.2. The highest BCUT2D eigenvalue weighted by Crippen LogP contribution is 2.24. The zero-order valence-corrected chi connectivity index (χ0v) is 11.7. The van der Waals surface area contributed by atoms with Gasteiger partial charge in [0.2, 0.25) is 0 Å². The van der Waals surface area contributed by atoms with Crippen molar-refractivity contribution >= 4 is 34.7 Å². The smallest absolute Gasteiger partial charge is 0.135 e. The maximum Gasteiger partial charge on any atom is 0.135 e. The molecule has 0 spiro atoms. The third kappa shape index (κ3) is 3.12. The van der Waals surface area contributed by atoms with E-state index < -0.39 is 0 Å². The predicted octanol–water partition coefficient (Wildman–Crippen LogP) is 4.40. The summed E-state index contributed by atoms with van der Waals surface area (Å²) in [7, 11) is 0. The van der Waals surface area contributed by atoms with Crippen LogP contribution in [0.25, 0.3) is 0 Å². The van der Waals surface area contributed by atoms with Crippen LogP contribution in [-0.4, -0.2) is 9.97 Å². The highest BCUT2D eigenvalue weighted by molar-refractivity contribution is 6.31. The van der Waals surface area contributed by atoms with Gasteiger partial charge in [-0.25, -0.2) is 9.97 Å². The third-order valence-corrected chi connectivity index (χ3v) is 2.95. The lowest BCUT2D eigenvalue weighted by molar-refractivity contribution is 0.943. The number of hydrogen-bond acceptors (Lipinski definition) is 3. The number of hydrogen-bond donors (Lipinski definition) is 1. The summed E-state index contributed by atoms with van der Waals surface area (Å²) in [4.78, 5) is 8.49. The number of halogens is 2. The molecule has 0 aliphatic carbocycles. The molecule has 1 N–H and O–H groups in total. The first-order valence-corrected chi connectivity index (χ1v) is 6.40. The van der Waals surface area contributed by atoms with Crippen LogP contribution in [0.5, 0.6) is 0 Å². The minimum Gasteiger partial charge on any atom is -0.340 e. The summed E-state index contributed by atoms with van der Waals surface area (Å²) in [5.74, 6) is 1.39. The van der Waals surface area contributed by atoms with E-state index >= 15 is 0 Å². The first kappa shape index (κ1) is 13.1. The summed E-state index contributed by atoms with van der Waals surface area (Å²) < 4.78 is 0. The number of aryl methyl sites for hydroxylation is 2. The molecule has 0 unspecified atom stereocenters. The number of benzene rings is 1. The first-order chi connectivity index (χ1) is 8.58. The van der Waals surface area contributed by atoms with E-state index in [2.05, 4.69) is 15.3 Å². The summed E-state index contributed by atoms with van der Waals surface area (Å²) >= 11 is 11.9. The van der Waals surface area contributed by atoms with E-state index in [9.17, 15) is 0 Å². The molecule has 2 rings (SSSR count). The zero-order valence-electron chi connectivity index (χ0n) is 10.2. The summed E-state index contributed by atoms with van der Waals surface area (Å²) in [6, 6.07) is 7.36. The molecule has 1 aromatic carbocycles. The molecular weight excluding hydrogens is 269 g/mol. The van der Waals surface area contributed by atoms with Crippen LogP contribution in [0.1, 0.15) is 18.3 Å². The second kappa shape index (κ2) is 5.55. The first-order valence-electron chi connectivity index (χ1n) is 5.65. The fraction of sp³-hybridized carbons (Fsp3) is 0.231. The largest absolute Gasteiger partial charge is 0.340 e. The Kier molecular flexibility index (Phi) is 4.04. The van der Waals surface area contributed by atoms with Gasteiger partial charge < -0.3 is 5.32 Å². The van der Waals surface area contributed by atoms with E-state index in [4.69, 9.17) is 23.2 Å². The van der Waals surface area contributed by atoms with Gasteiger partial charge in [0, 0.05) is 23.2 Å². The molecule has 3 nitrogen and oxygen atoms in total. The van der Waals surface area contributed by atoms with Gasteiger partial charge >= 0.3 is 0 Å². The van der Waals surface area contributed by atoms with Crippen molar-refractivity contribution < 1.29 is 0 Å². The Hall–Kier alpha value is -1.32. The van der Waals surface area contributed by atoms with Gasteiger partial charge in [0.25, 0.3) is 0 Å². The standard InChI is InChI=1S/C13H13Cl2N3/c1-3-12-17-11(15)7-13(18-12)16-10-6-9(14)5-4-8(10)2/h4-7H,3H2,1-2H3,(H,16,17,18). The molecule has 0 aliphatic heterocycles. The van der Waals surface area contributed by atoms with Crippen molar-refractivity contribution in [1.29, 1.82) is 0 Å². The van der Waals surface area contributed by atoms with Crippen LogP contribution in [0.2, 0.25) is 10.2 Å². The fourth-order valence-electron chi connectivity index (χ4n) is 1.55. The molecule has 1 heterocycles. The van der Waals surface area contributed by atoms with Gasteiger partial charge in [-0.3, -0.25) is 0 Å².